The zero-order valence-electron chi connectivity index (χ0n) is 11.6. The number of piperidine rings is 1. The highest BCUT2D eigenvalue weighted by atomic mass is 15.2. The predicted molar refractivity (Wildman–Crippen MR) is 77.4 cm³/mol. The Labute approximate surface area is 114 Å². The van der Waals surface area contributed by atoms with E-state index in [-0.39, 0.29) is 0 Å². The molecular formula is C14H23N5. The third kappa shape index (κ3) is 2.81. The molecule has 5 heteroatoms. The van der Waals surface area contributed by atoms with Crippen LogP contribution in [0.2, 0.25) is 0 Å². The first-order chi connectivity index (χ1) is 9.36. The van der Waals surface area contributed by atoms with Crippen LogP contribution in [0, 0.1) is 0 Å². The van der Waals surface area contributed by atoms with E-state index in [9.17, 15) is 0 Å². The van der Waals surface area contributed by atoms with Gasteiger partial charge in [-0.25, -0.2) is 9.97 Å². The summed E-state index contributed by atoms with van der Waals surface area (Å²) >= 11 is 0. The van der Waals surface area contributed by atoms with Crippen LogP contribution >= 0.6 is 0 Å². The summed E-state index contributed by atoms with van der Waals surface area (Å²) in [4.78, 5) is 11.2. The van der Waals surface area contributed by atoms with Gasteiger partial charge in [-0.1, -0.05) is 6.42 Å². The van der Waals surface area contributed by atoms with Gasteiger partial charge in [0.25, 0.3) is 0 Å². The zero-order chi connectivity index (χ0) is 13.1. The van der Waals surface area contributed by atoms with Gasteiger partial charge in [0.1, 0.15) is 18.0 Å². The second kappa shape index (κ2) is 5.74. The fourth-order valence-electron chi connectivity index (χ4n) is 3.32. The van der Waals surface area contributed by atoms with Crippen molar-refractivity contribution in [3.63, 3.8) is 0 Å². The Morgan fingerprint density at radius 3 is 3.00 bits per heavy atom. The molecule has 2 aliphatic rings. The number of fused-ring (bicyclic) bond motifs is 1. The quantitative estimate of drug-likeness (QED) is 0.867. The number of aromatic nitrogens is 2. The molecule has 2 saturated heterocycles. The number of anilines is 2. The normalized spacial score (nSPS) is 27.0. The van der Waals surface area contributed by atoms with Crippen LogP contribution in [0.5, 0.6) is 0 Å². The van der Waals surface area contributed by atoms with Gasteiger partial charge in [0, 0.05) is 31.2 Å². The van der Waals surface area contributed by atoms with E-state index < -0.39 is 0 Å². The molecule has 1 aromatic heterocycles. The van der Waals surface area contributed by atoms with Crippen molar-refractivity contribution in [1.82, 2.24) is 14.9 Å². The van der Waals surface area contributed by atoms with Gasteiger partial charge in [-0.15, -0.1) is 0 Å². The molecule has 2 N–H and O–H groups in total. The number of hydrogen-bond donors (Lipinski definition) is 2. The maximum atomic E-state index is 4.34. The molecule has 1 aromatic rings. The lowest BCUT2D eigenvalue weighted by Crippen LogP contribution is -2.41. The molecule has 0 aromatic carbocycles. The first-order valence-electron chi connectivity index (χ1n) is 7.43. The van der Waals surface area contributed by atoms with Crippen molar-refractivity contribution in [3.8, 4) is 0 Å². The van der Waals surface area contributed by atoms with Crippen molar-refractivity contribution in [2.75, 3.05) is 30.3 Å². The topological polar surface area (TPSA) is 53.1 Å². The van der Waals surface area contributed by atoms with Gasteiger partial charge in [0.15, 0.2) is 0 Å². The molecule has 2 unspecified atom stereocenters. The molecule has 0 saturated carbocycles. The van der Waals surface area contributed by atoms with Crippen molar-refractivity contribution in [1.29, 1.82) is 0 Å². The predicted octanol–water partition coefficient (Wildman–Crippen LogP) is 1.95. The molecule has 5 nitrogen and oxygen atoms in total. The maximum Gasteiger partial charge on any atom is 0.131 e. The summed E-state index contributed by atoms with van der Waals surface area (Å²) in [5, 5.41) is 6.83. The lowest BCUT2D eigenvalue weighted by Gasteiger charge is -2.32. The van der Waals surface area contributed by atoms with E-state index in [0.29, 0.717) is 12.1 Å². The maximum absolute atomic E-state index is 4.34. The number of nitrogens with zero attached hydrogens (tertiary/aromatic N) is 3. The first-order valence-corrected chi connectivity index (χ1v) is 7.43. The van der Waals surface area contributed by atoms with E-state index in [1.54, 1.807) is 6.33 Å². The summed E-state index contributed by atoms with van der Waals surface area (Å²) < 4.78 is 0. The molecule has 19 heavy (non-hydrogen) atoms. The SMILES string of the molecule is CCNc1cc(NC2CCN3CCCCC23)ncn1. The Kier molecular flexibility index (Phi) is 3.82. The highest BCUT2D eigenvalue weighted by Crippen LogP contribution is 2.29. The Bertz CT molecular complexity index is 422. The molecule has 2 fully saturated rings. The van der Waals surface area contributed by atoms with Crippen LogP contribution in [0.4, 0.5) is 11.6 Å². The Morgan fingerprint density at radius 1 is 1.21 bits per heavy atom. The number of nitrogens with one attached hydrogen (secondary N) is 2. The van der Waals surface area contributed by atoms with E-state index in [0.717, 1.165) is 18.2 Å². The standard InChI is InChI=1S/C14H23N5/c1-2-15-13-9-14(17-10-16-13)18-11-6-8-19-7-4-3-5-12(11)19/h9-12H,2-8H2,1H3,(H2,15,16,17,18). The molecule has 0 amide bonds. The van der Waals surface area contributed by atoms with Crippen LogP contribution in [-0.4, -0.2) is 46.6 Å². The summed E-state index contributed by atoms with van der Waals surface area (Å²) in [6, 6.07) is 3.26. The van der Waals surface area contributed by atoms with Crippen LogP contribution < -0.4 is 10.6 Å². The summed E-state index contributed by atoms with van der Waals surface area (Å²) in [6.45, 7) is 5.46. The smallest absolute Gasteiger partial charge is 0.131 e. The highest BCUT2D eigenvalue weighted by molar-refractivity contribution is 5.47. The third-order valence-electron chi connectivity index (χ3n) is 4.21. The average molecular weight is 261 g/mol. The second-order valence-corrected chi connectivity index (χ2v) is 5.46. The fourth-order valence-corrected chi connectivity index (χ4v) is 3.32. The molecule has 0 bridgehead atoms. The van der Waals surface area contributed by atoms with E-state index in [1.807, 2.05) is 6.07 Å². The number of hydrogen-bond acceptors (Lipinski definition) is 5. The van der Waals surface area contributed by atoms with Gasteiger partial charge < -0.3 is 10.6 Å². The summed E-state index contributed by atoms with van der Waals surface area (Å²) in [5.41, 5.74) is 0. The van der Waals surface area contributed by atoms with E-state index in [4.69, 9.17) is 0 Å². The van der Waals surface area contributed by atoms with Crippen LogP contribution in [-0.2, 0) is 0 Å². The Balaban J connectivity index is 1.66. The van der Waals surface area contributed by atoms with Gasteiger partial charge in [0.2, 0.25) is 0 Å². The second-order valence-electron chi connectivity index (χ2n) is 5.46. The summed E-state index contributed by atoms with van der Waals surface area (Å²) in [6.07, 6.45) is 6.91. The molecular weight excluding hydrogens is 238 g/mol. The van der Waals surface area contributed by atoms with Crippen molar-refractivity contribution in [3.05, 3.63) is 12.4 Å². The molecule has 0 spiro atoms. The molecule has 104 valence electrons. The average Bonchev–Trinajstić information content (AvgIpc) is 2.83. The van der Waals surface area contributed by atoms with E-state index in [2.05, 4.69) is 32.4 Å². The highest BCUT2D eigenvalue weighted by Gasteiger charge is 2.35. The van der Waals surface area contributed by atoms with Crippen molar-refractivity contribution >= 4 is 11.6 Å². The van der Waals surface area contributed by atoms with Crippen molar-refractivity contribution in [2.45, 2.75) is 44.7 Å². The van der Waals surface area contributed by atoms with Gasteiger partial charge >= 0.3 is 0 Å². The molecule has 2 atom stereocenters. The summed E-state index contributed by atoms with van der Waals surface area (Å²) in [5.74, 6) is 1.85. The summed E-state index contributed by atoms with van der Waals surface area (Å²) in [7, 11) is 0. The third-order valence-corrected chi connectivity index (χ3v) is 4.21. The first kappa shape index (κ1) is 12.7. The largest absolute Gasteiger partial charge is 0.370 e. The minimum atomic E-state index is 0.546. The van der Waals surface area contributed by atoms with Gasteiger partial charge in [-0.2, -0.15) is 0 Å². The van der Waals surface area contributed by atoms with Crippen LogP contribution in [0.3, 0.4) is 0 Å². The monoisotopic (exact) mass is 261 g/mol. The molecule has 3 rings (SSSR count). The Morgan fingerprint density at radius 2 is 2.11 bits per heavy atom. The van der Waals surface area contributed by atoms with Gasteiger partial charge in [0.05, 0.1) is 0 Å². The van der Waals surface area contributed by atoms with E-state index >= 15 is 0 Å². The lowest BCUT2D eigenvalue weighted by molar-refractivity contribution is 0.192. The van der Waals surface area contributed by atoms with Crippen LogP contribution in [0.25, 0.3) is 0 Å². The molecule has 0 aliphatic carbocycles. The molecule has 2 aliphatic heterocycles. The van der Waals surface area contributed by atoms with Crippen molar-refractivity contribution < 1.29 is 0 Å². The lowest BCUT2D eigenvalue weighted by atomic mass is 9.99. The minimum Gasteiger partial charge on any atom is -0.370 e. The fraction of sp³-hybridized carbons (Fsp3) is 0.714. The minimum absolute atomic E-state index is 0.546. The van der Waals surface area contributed by atoms with Crippen LogP contribution in [0.15, 0.2) is 12.4 Å². The van der Waals surface area contributed by atoms with Crippen molar-refractivity contribution in [2.24, 2.45) is 0 Å². The van der Waals surface area contributed by atoms with Gasteiger partial charge in [-0.05, 0) is 32.7 Å². The van der Waals surface area contributed by atoms with E-state index in [1.165, 1.54) is 38.8 Å². The Hall–Kier alpha value is -1.36. The molecule has 0 radical (unpaired) electrons. The van der Waals surface area contributed by atoms with Gasteiger partial charge in [-0.3, -0.25) is 4.90 Å². The number of rotatable bonds is 4. The van der Waals surface area contributed by atoms with Crippen LogP contribution in [0.1, 0.15) is 32.6 Å². The zero-order valence-corrected chi connectivity index (χ0v) is 11.6. The molecule has 3 heterocycles.